The fraction of sp³-hybridized carbons (Fsp3) is 0.667. The van der Waals surface area contributed by atoms with Gasteiger partial charge in [0.1, 0.15) is 17.5 Å². The van der Waals surface area contributed by atoms with Gasteiger partial charge in [0.15, 0.2) is 0 Å². The van der Waals surface area contributed by atoms with E-state index in [0.717, 1.165) is 12.0 Å². The van der Waals surface area contributed by atoms with Crippen LogP contribution in [0.5, 0.6) is 0 Å². The van der Waals surface area contributed by atoms with Gasteiger partial charge in [0, 0.05) is 30.5 Å². The van der Waals surface area contributed by atoms with Crippen LogP contribution < -0.4 is 16.4 Å². The number of nitrogen functional groups attached to an aromatic ring is 1. The van der Waals surface area contributed by atoms with Gasteiger partial charge in [0.05, 0.1) is 0 Å². The van der Waals surface area contributed by atoms with Crippen LogP contribution in [-0.4, -0.2) is 28.5 Å². The van der Waals surface area contributed by atoms with Gasteiger partial charge in [-0.2, -0.15) is 0 Å². The maximum absolute atomic E-state index is 11.7. The molecule has 0 aliphatic heterocycles. The average molecular weight is 293 g/mol. The van der Waals surface area contributed by atoms with Crippen LogP contribution in [0.4, 0.5) is 11.6 Å². The number of nitrogens with one attached hydrogen (secondary N) is 2. The maximum Gasteiger partial charge on any atom is 0.221 e. The molecule has 6 heteroatoms. The highest BCUT2D eigenvalue weighted by Crippen LogP contribution is 2.20. The molecule has 6 nitrogen and oxygen atoms in total. The van der Waals surface area contributed by atoms with Crippen molar-refractivity contribution in [3.8, 4) is 0 Å². The monoisotopic (exact) mass is 293 g/mol. The van der Waals surface area contributed by atoms with Crippen molar-refractivity contribution in [2.45, 2.75) is 59.4 Å². The van der Waals surface area contributed by atoms with Gasteiger partial charge in [0.2, 0.25) is 5.91 Å². The summed E-state index contributed by atoms with van der Waals surface area (Å²) in [6.07, 6.45) is 1.34. The number of nitrogens with two attached hydrogens (primary N) is 1. The molecule has 0 aliphatic rings. The summed E-state index contributed by atoms with van der Waals surface area (Å²) in [5.41, 5.74) is 6.73. The fourth-order valence-electron chi connectivity index (χ4n) is 1.73. The second-order valence-electron chi connectivity index (χ2n) is 5.65. The molecule has 1 unspecified atom stereocenters. The molecule has 118 valence electrons. The highest BCUT2D eigenvalue weighted by Gasteiger charge is 2.11. The van der Waals surface area contributed by atoms with Gasteiger partial charge < -0.3 is 16.4 Å². The van der Waals surface area contributed by atoms with Crippen molar-refractivity contribution in [2.75, 3.05) is 17.6 Å². The third kappa shape index (κ3) is 5.21. The van der Waals surface area contributed by atoms with Gasteiger partial charge in [0.25, 0.3) is 0 Å². The van der Waals surface area contributed by atoms with E-state index >= 15 is 0 Å². The number of carbonyl (C=O) groups excluding carboxylic acids is 1. The van der Waals surface area contributed by atoms with Crippen LogP contribution in [-0.2, 0) is 4.79 Å². The normalized spacial score (nSPS) is 12.3. The Kier molecular flexibility index (Phi) is 6.39. The molecular weight excluding hydrogens is 266 g/mol. The van der Waals surface area contributed by atoms with Crippen LogP contribution in [0.15, 0.2) is 0 Å². The van der Waals surface area contributed by atoms with E-state index in [1.807, 2.05) is 34.6 Å². The number of hydrogen-bond donors (Lipinski definition) is 3. The first-order valence-electron chi connectivity index (χ1n) is 7.52. The second-order valence-corrected chi connectivity index (χ2v) is 5.65. The van der Waals surface area contributed by atoms with Gasteiger partial charge in [-0.1, -0.05) is 20.8 Å². The first kappa shape index (κ1) is 17.2. The highest BCUT2D eigenvalue weighted by atomic mass is 16.1. The minimum atomic E-state index is 0.0422. The van der Waals surface area contributed by atoms with E-state index in [-0.39, 0.29) is 17.9 Å². The molecule has 1 atom stereocenters. The largest absolute Gasteiger partial charge is 0.383 e. The van der Waals surface area contributed by atoms with E-state index in [0.29, 0.717) is 30.4 Å². The molecule has 1 amide bonds. The molecular formula is C15H27N5O. The van der Waals surface area contributed by atoms with Gasteiger partial charge in [-0.05, 0) is 20.3 Å². The van der Waals surface area contributed by atoms with Crippen LogP contribution in [0.2, 0.25) is 0 Å². The lowest BCUT2D eigenvalue weighted by Gasteiger charge is -2.14. The van der Waals surface area contributed by atoms with E-state index in [9.17, 15) is 4.79 Å². The SMILES string of the molecule is CCC(C)NC(=O)CCNc1nc(C(C)C)nc(N)c1C. The Hall–Kier alpha value is -1.85. The average Bonchev–Trinajstić information content (AvgIpc) is 2.42. The van der Waals surface area contributed by atoms with Crippen LogP contribution >= 0.6 is 0 Å². The van der Waals surface area contributed by atoms with Crippen LogP contribution in [0.3, 0.4) is 0 Å². The number of anilines is 2. The topological polar surface area (TPSA) is 92.9 Å². The molecule has 21 heavy (non-hydrogen) atoms. The van der Waals surface area contributed by atoms with Crippen molar-refractivity contribution >= 4 is 17.5 Å². The number of carbonyl (C=O) groups is 1. The highest BCUT2D eigenvalue weighted by molar-refractivity contribution is 5.76. The van der Waals surface area contributed by atoms with Crippen molar-refractivity contribution in [1.82, 2.24) is 15.3 Å². The van der Waals surface area contributed by atoms with Gasteiger partial charge in [-0.15, -0.1) is 0 Å². The van der Waals surface area contributed by atoms with Crippen molar-refractivity contribution < 1.29 is 4.79 Å². The summed E-state index contributed by atoms with van der Waals surface area (Å²) in [5.74, 6) is 2.16. The Labute approximate surface area is 126 Å². The van der Waals surface area contributed by atoms with Crippen LogP contribution in [0, 0.1) is 6.92 Å². The standard InChI is InChI=1S/C15H27N5O/c1-6-10(4)18-12(21)7-8-17-15-11(5)13(16)19-14(20-15)9(2)3/h9-10H,6-8H2,1-5H3,(H,18,21)(H3,16,17,19,20). The lowest BCUT2D eigenvalue weighted by atomic mass is 10.2. The summed E-state index contributed by atoms with van der Waals surface area (Å²) >= 11 is 0. The number of rotatable bonds is 7. The lowest BCUT2D eigenvalue weighted by molar-refractivity contribution is -0.121. The Morgan fingerprint density at radius 1 is 1.29 bits per heavy atom. The third-order valence-electron chi connectivity index (χ3n) is 3.38. The predicted octanol–water partition coefficient (Wildman–Crippen LogP) is 2.21. The summed E-state index contributed by atoms with van der Waals surface area (Å²) in [6.45, 7) is 10.5. The quantitative estimate of drug-likeness (QED) is 0.716. The molecule has 4 N–H and O–H groups in total. The molecule has 1 aromatic heterocycles. The smallest absolute Gasteiger partial charge is 0.221 e. The van der Waals surface area contributed by atoms with Gasteiger partial charge in [-0.25, -0.2) is 9.97 Å². The van der Waals surface area contributed by atoms with Gasteiger partial charge in [-0.3, -0.25) is 4.79 Å². The minimum absolute atomic E-state index is 0.0422. The first-order chi connectivity index (χ1) is 9.85. The molecule has 0 saturated heterocycles. The zero-order chi connectivity index (χ0) is 16.0. The van der Waals surface area contributed by atoms with E-state index in [1.165, 1.54) is 0 Å². The van der Waals surface area contributed by atoms with Gasteiger partial charge >= 0.3 is 0 Å². The Morgan fingerprint density at radius 2 is 1.95 bits per heavy atom. The molecule has 0 aliphatic carbocycles. The molecule has 0 spiro atoms. The zero-order valence-electron chi connectivity index (χ0n) is 13.7. The molecule has 0 bridgehead atoms. The van der Waals surface area contributed by atoms with Crippen molar-refractivity contribution in [3.63, 3.8) is 0 Å². The molecule has 0 radical (unpaired) electrons. The van der Waals surface area contributed by atoms with Crippen molar-refractivity contribution in [1.29, 1.82) is 0 Å². The zero-order valence-corrected chi connectivity index (χ0v) is 13.7. The van der Waals surface area contributed by atoms with Crippen molar-refractivity contribution in [2.24, 2.45) is 0 Å². The summed E-state index contributed by atoms with van der Waals surface area (Å²) in [6, 6.07) is 0.210. The molecule has 1 rings (SSSR count). The number of nitrogens with zero attached hydrogens (tertiary/aromatic N) is 2. The minimum Gasteiger partial charge on any atom is -0.383 e. The first-order valence-corrected chi connectivity index (χ1v) is 7.52. The fourth-order valence-corrected chi connectivity index (χ4v) is 1.73. The summed E-state index contributed by atoms with van der Waals surface area (Å²) in [7, 11) is 0. The Morgan fingerprint density at radius 3 is 2.52 bits per heavy atom. The van der Waals surface area contributed by atoms with Crippen molar-refractivity contribution in [3.05, 3.63) is 11.4 Å². The number of amides is 1. The summed E-state index contributed by atoms with van der Waals surface area (Å²) < 4.78 is 0. The van der Waals surface area contributed by atoms with E-state index in [2.05, 4.69) is 20.6 Å². The second kappa shape index (κ2) is 7.81. The third-order valence-corrected chi connectivity index (χ3v) is 3.38. The molecule has 1 aromatic rings. The van der Waals surface area contributed by atoms with Crippen LogP contribution in [0.25, 0.3) is 0 Å². The lowest BCUT2D eigenvalue weighted by Crippen LogP contribution is -2.33. The maximum atomic E-state index is 11.7. The number of aromatic nitrogens is 2. The van der Waals surface area contributed by atoms with E-state index in [4.69, 9.17) is 5.73 Å². The molecule has 0 saturated carbocycles. The Balaban J connectivity index is 2.61. The van der Waals surface area contributed by atoms with E-state index in [1.54, 1.807) is 0 Å². The number of hydrogen-bond acceptors (Lipinski definition) is 5. The molecule has 0 aromatic carbocycles. The molecule has 0 fully saturated rings. The molecule has 1 heterocycles. The Bertz CT molecular complexity index is 487. The predicted molar refractivity (Wildman–Crippen MR) is 86.3 cm³/mol. The summed E-state index contributed by atoms with van der Waals surface area (Å²) in [5, 5.41) is 6.11. The van der Waals surface area contributed by atoms with Crippen LogP contribution in [0.1, 0.15) is 57.8 Å². The van der Waals surface area contributed by atoms with E-state index < -0.39 is 0 Å². The summed E-state index contributed by atoms with van der Waals surface area (Å²) in [4.78, 5) is 20.5.